The summed E-state index contributed by atoms with van der Waals surface area (Å²) in [5.74, 6) is -0.692. The van der Waals surface area contributed by atoms with Crippen LogP contribution in [0.2, 0.25) is 0 Å². The Morgan fingerprint density at radius 2 is 2.13 bits per heavy atom. The number of hydrogen-bond donors (Lipinski definition) is 1. The standard InChI is InChI=1S/C11H14FNO2/c1-7(2)15-13-11(14)9-4-5-10(12)8(3)6-9/h4-7H,1-3H3,(H,13,14). The Labute approximate surface area is 88.2 Å². The molecule has 1 N–H and O–H groups in total. The van der Waals surface area contributed by atoms with Crippen LogP contribution in [0.15, 0.2) is 18.2 Å². The Bertz CT molecular complexity index is 364. The molecular weight excluding hydrogens is 197 g/mol. The van der Waals surface area contributed by atoms with Gasteiger partial charge in [-0.1, -0.05) is 0 Å². The highest BCUT2D eigenvalue weighted by Gasteiger charge is 2.08. The molecule has 0 unspecified atom stereocenters. The number of carbonyl (C=O) groups excluding carboxylic acids is 1. The van der Waals surface area contributed by atoms with Crippen LogP contribution < -0.4 is 5.48 Å². The van der Waals surface area contributed by atoms with Crippen molar-refractivity contribution < 1.29 is 14.0 Å². The molecule has 0 radical (unpaired) electrons. The third-order valence-corrected chi connectivity index (χ3v) is 1.81. The summed E-state index contributed by atoms with van der Waals surface area (Å²) in [6, 6.07) is 4.16. The highest BCUT2D eigenvalue weighted by Crippen LogP contribution is 2.09. The first kappa shape index (κ1) is 11.7. The van der Waals surface area contributed by atoms with Crippen molar-refractivity contribution in [1.82, 2.24) is 5.48 Å². The van der Waals surface area contributed by atoms with Gasteiger partial charge in [-0.25, -0.2) is 9.87 Å². The highest BCUT2D eigenvalue weighted by atomic mass is 19.1. The fraction of sp³-hybridized carbons (Fsp3) is 0.364. The molecule has 4 heteroatoms. The summed E-state index contributed by atoms with van der Waals surface area (Å²) in [4.78, 5) is 16.4. The highest BCUT2D eigenvalue weighted by molar-refractivity contribution is 5.93. The number of hydroxylamine groups is 1. The van der Waals surface area contributed by atoms with E-state index in [1.165, 1.54) is 18.2 Å². The predicted molar refractivity (Wildman–Crippen MR) is 54.8 cm³/mol. The zero-order valence-electron chi connectivity index (χ0n) is 9.00. The summed E-state index contributed by atoms with van der Waals surface area (Å²) >= 11 is 0. The number of halogens is 1. The molecule has 0 saturated carbocycles. The van der Waals surface area contributed by atoms with Crippen LogP contribution in [-0.2, 0) is 4.84 Å². The predicted octanol–water partition coefficient (Wildman–Crippen LogP) is 2.20. The largest absolute Gasteiger partial charge is 0.274 e. The van der Waals surface area contributed by atoms with E-state index in [9.17, 15) is 9.18 Å². The number of nitrogens with one attached hydrogen (secondary N) is 1. The molecule has 15 heavy (non-hydrogen) atoms. The lowest BCUT2D eigenvalue weighted by Crippen LogP contribution is -2.27. The summed E-state index contributed by atoms with van der Waals surface area (Å²) in [7, 11) is 0. The van der Waals surface area contributed by atoms with E-state index in [1.807, 2.05) is 0 Å². The molecule has 1 aromatic carbocycles. The zero-order chi connectivity index (χ0) is 11.4. The fourth-order valence-electron chi connectivity index (χ4n) is 1.02. The maximum absolute atomic E-state index is 12.9. The molecule has 0 aromatic heterocycles. The number of benzene rings is 1. The van der Waals surface area contributed by atoms with Gasteiger partial charge in [-0.05, 0) is 44.5 Å². The van der Waals surface area contributed by atoms with Gasteiger partial charge < -0.3 is 0 Å². The minimum absolute atomic E-state index is 0.0875. The lowest BCUT2D eigenvalue weighted by molar-refractivity contribution is 0.000181. The van der Waals surface area contributed by atoms with Gasteiger partial charge in [0.15, 0.2) is 0 Å². The van der Waals surface area contributed by atoms with Gasteiger partial charge >= 0.3 is 0 Å². The van der Waals surface area contributed by atoms with E-state index in [-0.39, 0.29) is 17.8 Å². The topological polar surface area (TPSA) is 38.3 Å². The Kier molecular flexibility index (Phi) is 3.80. The van der Waals surface area contributed by atoms with Crippen molar-refractivity contribution in [2.45, 2.75) is 26.9 Å². The summed E-state index contributed by atoms with van der Waals surface area (Å²) < 4.78 is 12.9. The van der Waals surface area contributed by atoms with E-state index in [2.05, 4.69) is 5.48 Å². The SMILES string of the molecule is Cc1cc(C(=O)NOC(C)C)ccc1F. The molecule has 0 bridgehead atoms. The number of hydrogen-bond acceptors (Lipinski definition) is 2. The molecule has 82 valence electrons. The van der Waals surface area contributed by atoms with Gasteiger partial charge in [0.1, 0.15) is 5.82 Å². The Hall–Kier alpha value is -1.42. The van der Waals surface area contributed by atoms with Crippen molar-refractivity contribution >= 4 is 5.91 Å². The molecule has 0 saturated heterocycles. The van der Waals surface area contributed by atoms with Crippen molar-refractivity contribution in [2.75, 3.05) is 0 Å². The van der Waals surface area contributed by atoms with E-state index >= 15 is 0 Å². The fourth-order valence-corrected chi connectivity index (χ4v) is 1.02. The normalized spacial score (nSPS) is 10.5. The molecule has 3 nitrogen and oxygen atoms in total. The first-order valence-corrected chi connectivity index (χ1v) is 4.73. The zero-order valence-corrected chi connectivity index (χ0v) is 9.00. The van der Waals surface area contributed by atoms with Crippen LogP contribution in [0, 0.1) is 12.7 Å². The Morgan fingerprint density at radius 1 is 1.47 bits per heavy atom. The van der Waals surface area contributed by atoms with Crippen molar-refractivity contribution in [3.8, 4) is 0 Å². The monoisotopic (exact) mass is 211 g/mol. The van der Waals surface area contributed by atoms with Gasteiger partial charge in [0.2, 0.25) is 0 Å². The summed E-state index contributed by atoms with van der Waals surface area (Å²) in [5.41, 5.74) is 3.10. The molecule has 0 heterocycles. The quantitative estimate of drug-likeness (QED) is 0.778. The van der Waals surface area contributed by atoms with Crippen LogP contribution in [-0.4, -0.2) is 12.0 Å². The second kappa shape index (κ2) is 4.89. The maximum Gasteiger partial charge on any atom is 0.274 e. The lowest BCUT2D eigenvalue weighted by atomic mass is 10.1. The molecule has 0 atom stereocenters. The van der Waals surface area contributed by atoms with E-state index in [4.69, 9.17) is 4.84 Å². The van der Waals surface area contributed by atoms with Gasteiger partial charge in [-0.2, -0.15) is 0 Å². The Morgan fingerprint density at radius 3 is 2.67 bits per heavy atom. The third-order valence-electron chi connectivity index (χ3n) is 1.81. The van der Waals surface area contributed by atoms with Gasteiger partial charge in [-0.3, -0.25) is 9.63 Å². The van der Waals surface area contributed by atoms with Crippen LogP contribution in [0.4, 0.5) is 4.39 Å². The molecule has 0 spiro atoms. The van der Waals surface area contributed by atoms with Crippen LogP contribution in [0.25, 0.3) is 0 Å². The third kappa shape index (κ3) is 3.32. The average Bonchev–Trinajstić information content (AvgIpc) is 2.18. The number of carbonyl (C=O) groups is 1. The number of amides is 1. The van der Waals surface area contributed by atoms with E-state index in [0.717, 1.165) is 0 Å². The molecule has 0 aliphatic carbocycles. The van der Waals surface area contributed by atoms with Crippen molar-refractivity contribution in [1.29, 1.82) is 0 Å². The molecule has 0 fully saturated rings. The average molecular weight is 211 g/mol. The minimum atomic E-state index is -0.369. The molecule has 1 rings (SSSR count). The molecule has 0 aliphatic heterocycles. The van der Waals surface area contributed by atoms with Gasteiger partial charge in [0, 0.05) is 5.56 Å². The summed E-state index contributed by atoms with van der Waals surface area (Å²) in [6.45, 7) is 5.21. The number of rotatable bonds is 3. The molecule has 1 aromatic rings. The Balaban J connectivity index is 2.70. The number of aryl methyl sites for hydroxylation is 1. The van der Waals surface area contributed by atoms with Crippen molar-refractivity contribution in [3.05, 3.63) is 35.1 Å². The molecule has 0 aliphatic rings. The second-order valence-electron chi connectivity index (χ2n) is 3.56. The summed E-state index contributed by atoms with van der Waals surface area (Å²) in [5, 5.41) is 0. The molecule has 1 amide bonds. The minimum Gasteiger partial charge on any atom is -0.271 e. The maximum atomic E-state index is 12.9. The smallest absolute Gasteiger partial charge is 0.271 e. The van der Waals surface area contributed by atoms with Crippen LogP contribution >= 0.6 is 0 Å². The van der Waals surface area contributed by atoms with E-state index in [1.54, 1.807) is 20.8 Å². The second-order valence-corrected chi connectivity index (χ2v) is 3.56. The molecular formula is C11H14FNO2. The lowest BCUT2D eigenvalue weighted by Gasteiger charge is -2.08. The van der Waals surface area contributed by atoms with Gasteiger partial charge in [-0.15, -0.1) is 0 Å². The van der Waals surface area contributed by atoms with E-state index in [0.29, 0.717) is 11.1 Å². The first-order chi connectivity index (χ1) is 7.00. The van der Waals surface area contributed by atoms with Crippen LogP contribution in [0.1, 0.15) is 29.8 Å². The summed E-state index contributed by atoms with van der Waals surface area (Å²) in [6.07, 6.45) is -0.0875. The van der Waals surface area contributed by atoms with Crippen molar-refractivity contribution in [2.24, 2.45) is 0 Å². The van der Waals surface area contributed by atoms with Gasteiger partial charge in [0.25, 0.3) is 5.91 Å². The van der Waals surface area contributed by atoms with Crippen molar-refractivity contribution in [3.63, 3.8) is 0 Å². The first-order valence-electron chi connectivity index (χ1n) is 4.73. The van der Waals surface area contributed by atoms with E-state index < -0.39 is 0 Å². The van der Waals surface area contributed by atoms with Crippen LogP contribution in [0.5, 0.6) is 0 Å². The van der Waals surface area contributed by atoms with Gasteiger partial charge in [0.05, 0.1) is 6.10 Å². The van der Waals surface area contributed by atoms with Crippen LogP contribution in [0.3, 0.4) is 0 Å².